The van der Waals surface area contributed by atoms with Gasteiger partial charge in [-0.2, -0.15) is 0 Å². The highest BCUT2D eigenvalue weighted by Gasteiger charge is 2.27. The molecule has 86 valence electrons. The molecule has 0 aliphatic carbocycles. The molecule has 0 saturated heterocycles. The molecule has 0 fully saturated rings. The van der Waals surface area contributed by atoms with E-state index in [1.54, 1.807) is 6.20 Å². The lowest BCUT2D eigenvalue weighted by molar-refractivity contribution is 0.339. The second-order valence-corrected chi connectivity index (χ2v) is 4.01. The van der Waals surface area contributed by atoms with Crippen LogP contribution in [-0.2, 0) is 6.54 Å². The minimum atomic E-state index is 0.123. The molecular weight excluding hydrogens is 214 g/mol. The van der Waals surface area contributed by atoms with E-state index in [1.165, 1.54) is 0 Å². The van der Waals surface area contributed by atoms with Gasteiger partial charge >= 0.3 is 0 Å². The highest BCUT2D eigenvalue weighted by molar-refractivity contribution is 5.42. The van der Waals surface area contributed by atoms with Crippen molar-refractivity contribution in [1.29, 1.82) is 0 Å². The largest absolute Gasteiger partial charge is 0.492 e. The second-order valence-electron chi connectivity index (χ2n) is 4.01. The van der Waals surface area contributed by atoms with Crippen LogP contribution in [0.3, 0.4) is 0 Å². The van der Waals surface area contributed by atoms with Crippen LogP contribution in [0.1, 0.15) is 23.0 Å². The summed E-state index contributed by atoms with van der Waals surface area (Å²) in [4.78, 5) is 8.78. The van der Waals surface area contributed by atoms with E-state index in [2.05, 4.69) is 16.0 Å². The van der Waals surface area contributed by atoms with Gasteiger partial charge in [0.1, 0.15) is 18.2 Å². The number of ether oxygens (including phenoxy) is 1. The first-order valence-electron chi connectivity index (χ1n) is 5.62. The summed E-state index contributed by atoms with van der Waals surface area (Å²) < 4.78 is 5.63. The zero-order valence-electron chi connectivity index (χ0n) is 9.34. The van der Waals surface area contributed by atoms with Crippen molar-refractivity contribution in [3.05, 3.63) is 53.6 Å². The summed E-state index contributed by atoms with van der Waals surface area (Å²) in [6, 6.07) is 9.85. The van der Waals surface area contributed by atoms with Gasteiger partial charge in [0.15, 0.2) is 0 Å². The fourth-order valence-corrected chi connectivity index (χ4v) is 2.07. The Morgan fingerprint density at radius 3 is 3.06 bits per heavy atom. The Bertz CT molecular complexity index is 542. The number of hydrogen-bond donors (Lipinski definition) is 1. The molecule has 2 N–H and O–H groups in total. The molecule has 1 atom stereocenters. The van der Waals surface area contributed by atoms with Gasteiger partial charge in [-0.25, -0.2) is 9.97 Å². The number of nitrogens with two attached hydrogens (primary N) is 1. The fraction of sp³-hybridized carbons (Fsp3) is 0.231. The third kappa shape index (κ3) is 1.76. The first-order chi connectivity index (χ1) is 8.38. The summed E-state index contributed by atoms with van der Waals surface area (Å²) in [5.41, 5.74) is 7.61. The van der Waals surface area contributed by atoms with Gasteiger partial charge in [-0.3, -0.25) is 0 Å². The molecule has 4 heteroatoms. The van der Waals surface area contributed by atoms with Crippen LogP contribution < -0.4 is 10.5 Å². The van der Waals surface area contributed by atoms with Crippen LogP contribution in [0, 0.1) is 0 Å². The van der Waals surface area contributed by atoms with Crippen molar-refractivity contribution in [3.8, 4) is 5.75 Å². The maximum absolute atomic E-state index is 5.63. The Hall–Kier alpha value is -1.94. The zero-order valence-corrected chi connectivity index (χ0v) is 9.34. The minimum absolute atomic E-state index is 0.123. The Morgan fingerprint density at radius 2 is 2.18 bits per heavy atom. The Balaban J connectivity index is 2.01. The van der Waals surface area contributed by atoms with Crippen LogP contribution in [0.25, 0.3) is 0 Å². The van der Waals surface area contributed by atoms with Crippen molar-refractivity contribution in [1.82, 2.24) is 9.97 Å². The highest BCUT2D eigenvalue weighted by Crippen LogP contribution is 2.36. The maximum atomic E-state index is 5.63. The lowest BCUT2D eigenvalue weighted by Gasteiger charge is -2.08. The molecule has 1 aliphatic rings. The van der Waals surface area contributed by atoms with E-state index < -0.39 is 0 Å². The molecule has 2 aromatic rings. The van der Waals surface area contributed by atoms with Crippen molar-refractivity contribution in [3.63, 3.8) is 0 Å². The zero-order chi connectivity index (χ0) is 11.7. The third-order valence-electron chi connectivity index (χ3n) is 2.95. The third-order valence-corrected chi connectivity index (χ3v) is 2.95. The van der Waals surface area contributed by atoms with Gasteiger partial charge < -0.3 is 10.5 Å². The van der Waals surface area contributed by atoms with E-state index in [9.17, 15) is 0 Å². The molecule has 1 aromatic carbocycles. The summed E-state index contributed by atoms with van der Waals surface area (Å²) in [6.07, 6.45) is 1.76. The predicted octanol–water partition coefficient (Wildman–Crippen LogP) is 1.46. The normalized spacial score (nSPS) is 17.6. The maximum Gasteiger partial charge on any atom is 0.139 e. The molecule has 0 spiro atoms. The van der Waals surface area contributed by atoms with Gasteiger partial charge in [-0.1, -0.05) is 18.2 Å². The number of aromatic nitrogens is 2. The average molecular weight is 227 g/mol. The first kappa shape index (κ1) is 10.2. The first-order valence-corrected chi connectivity index (χ1v) is 5.62. The van der Waals surface area contributed by atoms with Crippen molar-refractivity contribution in [2.75, 3.05) is 6.61 Å². The number of nitrogens with zero attached hydrogens (tertiary/aromatic N) is 2. The number of rotatable bonds is 2. The Labute approximate surface area is 99.5 Å². The summed E-state index contributed by atoms with van der Waals surface area (Å²) in [5, 5.41) is 0. The molecule has 17 heavy (non-hydrogen) atoms. The van der Waals surface area contributed by atoms with Gasteiger partial charge in [-0.05, 0) is 12.1 Å². The number of benzene rings is 1. The Kier molecular flexibility index (Phi) is 2.49. The lowest BCUT2D eigenvalue weighted by atomic mass is 10.0. The van der Waals surface area contributed by atoms with Gasteiger partial charge in [0.25, 0.3) is 0 Å². The van der Waals surface area contributed by atoms with E-state index in [0.29, 0.717) is 13.2 Å². The number of hydrogen-bond acceptors (Lipinski definition) is 4. The Morgan fingerprint density at radius 1 is 1.29 bits per heavy atom. The van der Waals surface area contributed by atoms with E-state index in [4.69, 9.17) is 10.5 Å². The van der Waals surface area contributed by atoms with Crippen molar-refractivity contribution in [2.45, 2.75) is 12.5 Å². The summed E-state index contributed by atoms with van der Waals surface area (Å²) in [6.45, 7) is 1.04. The highest BCUT2D eigenvalue weighted by atomic mass is 16.5. The van der Waals surface area contributed by atoms with Crippen LogP contribution in [0.2, 0.25) is 0 Å². The molecule has 1 aliphatic heterocycles. The van der Waals surface area contributed by atoms with Gasteiger partial charge in [0.2, 0.25) is 0 Å². The van der Waals surface area contributed by atoms with Crippen molar-refractivity contribution in [2.24, 2.45) is 5.73 Å². The molecule has 1 aromatic heterocycles. The van der Waals surface area contributed by atoms with Crippen LogP contribution in [0.15, 0.2) is 36.5 Å². The van der Waals surface area contributed by atoms with E-state index >= 15 is 0 Å². The minimum Gasteiger partial charge on any atom is -0.492 e. The quantitative estimate of drug-likeness (QED) is 0.843. The summed E-state index contributed by atoms with van der Waals surface area (Å²) in [5.74, 6) is 1.84. The smallest absolute Gasteiger partial charge is 0.139 e. The fourth-order valence-electron chi connectivity index (χ4n) is 2.07. The molecule has 1 unspecified atom stereocenters. The molecule has 0 radical (unpaired) electrons. The topological polar surface area (TPSA) is 61.0 Å². The standard InChI is InChI=1S/C13H13N3O/c14-7-9-5-6-15-13(16-9)11-8-17-12-4-2-1-3-10(11)12/h1-6,11H,7-8,14H2. The molecule has 4 nitrogen and oxygen atoms in total. The van der Waals surface area contributed by atoms with E-state index in [1.807, 2.05) is 24.3 Å². The summed E-state index contributed by atoms with van der Waals surface area (Å²) in [7, 11) is 0. The molecule has 0 bridgehead atoms. The van der Waals surface area contributed by atoms with Gasteiger partial charge in [0.05, 0.1) is 11.6 Å². The monoisotopic (exact) mass is 227 g/mol. The number of fused-ring (bicyclic) bond motifs is 1. The second kappa shape index (κ2) is 4.14. The summed E-state index contributed by atoms with van der Waals surface area (Å²) >= 11 is 0. The molecule has 2 heterocycles. The predicted molar refractivity (Wildman–Crippen MR) is 63.7 cm³/mol. The molecule has 0 saturated carbocycles. The van der Waals surface area contributed by atoms with Gasteiger partial charge in [0, 0.05) is 18.3 Å². The van der Waals surface area contributed by atoms with E-state index in [-0.39, 0.29) is 5.92 Å². The van der Waals surface area contributed by atoms with Gasteiger partial charge in [-0.15, -0.1) is 0 Å². The van der Waals surface area contributed by atoms with E-state index in [0.717, 1.165) is 22.8 Å². The lowest BCUT2D eigenvalue weighted by Crippen LogP contribution is -2.10. The van der Waals surface area contributed by atoms with Crippen LogP contribution >= 0.6 is 0 Å². The average Bonchev–Trinajstić information content (AvgIpc) is 2.82. The van der Waals surface area contributed by atoms with Crippen LogP contribution in [0.5, 0.6) is 5.75 Å². The molecule has 0 amide bonds. The van der Waals surface area contributed by atoms with Crippen molar-refractivity contribution >= 4 is 0 Å². The SMILES string of the molecule is NCc1ccnc(C2COc3ccccc32)n1. The number of para-hydroxylation sites is 1. The molecular formula is C13H13N3O. The molecule has 3 rings (SSSR count). The van der Waals surface area contributed by atoms with Crippen molar-refractivity contribution < 1.29 is 4.74 Å². The van der Waals surface area contributed by atoms with Crippen LogP contribution in [-0.4, -0.2) is 16.6 Å². The van der Waals surface area contributed by atoms with Crippen LogP contribution in [0.4, 0.5) is 0 Å².